The molecule has 82 valence electrons. The van der Waals surface area contributed by atoms with E-state index in [2.05, 4.69) is 0 Å². The largest absolute Gasteiger partial charge is 0.372 e. The van der Waals surface area contributed by atoms with E-state index in [4.69, 9.17) is 16.3 Å². The molecule has 0 aliphatic carbocycles. The Labute approximate surface area is 90.4 Å². The normalized spacial score (nSPS) is 21.6. The Morgan fingerprint density at radius 1 is 1.64 bits per heavy atom. The first kappa shape index (κ1) is 11.8. The van der Waals surface area contributed by atoms with E-state index in [0.29, 0.717) is 18.4 Å². The lowest BCUT2D eigenvalue weighted by Gasteiger charge is -2.15. The highest BCUT2D eigenvalue weighted by Gasteiger charge is 2.25. The summed E-state index contributed by atoms with van der Waals surface area (Å²) in [5.41, 5.74) is 0. The summed E-state index contributed by atoms with van der Waals surface area (Å²) in [6.07, 6.45) is 1.99. The van der Waals surface area contributed by atoms with Gasteiger partial charge in [-0.05, 0) is 18.8 Å². The maximum Gasteiger partial charge on any atom is 0.248 e. The molecule has 0 aromatic rings. The summed E-state index contributed by atoms with van der Waals surface area (Å²) in [6, 6.07) is 0. The van der Waals surface area contributed by atoms with Crippen LogP contribution in [0.4, 0.5) is 0 Å². The van der Waals surface area contributed by atoms with Crippen molar-refractivity contribution in [2.24, 2.45) is 5.92 Å². The van der Waals surface area contributed by atoms with Gasteiger partial charge in [0.05, 0.1) is 0 Å². The van der Waals surface area contributed by atoms with Crippen molar-refractivity contribution in [3.05, 3.63) is 0 Å². The second-order valence-corrected chi connectivity index (χ2v) is 4.01. The first-order chi connectivity index (χ1) is 6.77. The van der Waals surface area contributed by atoms with E-state index >= 15 is 0 Å². The number of ether oxygens (including phenoxy) is 1. The minimum absolute atomic E-state index is 0.103. The fourth-order valence-corrected chi connectivity index (χ4v) is 1.83. The zero-order valence-electron chi connectivity index (χ0n) is 8.67. The highest BCUT2D eigenvalue weighted by molar-refractivity contribution is 6.18. The molecule has 1 atom stereocenters. The molecule has 0 aromatic carbocycles. The van der Waals surface area contributed by atoms with Gasteiger partial charge in [-0.15, -0.1) is 11.6 Å². The lowest BCUT2D eigenvalue weighted by atomic mass is 10.2. The fraction of sp³-hybridized carbons (Fsp3) is 0.900. The molecule has 0 saturated carbocycles. The second-order valence-electron chi connectivity index (χ2n) is 3.70. The lowest BCUT2D eigenvalue weighted by Crippen LogP contribution is -2.32. The van der Waals surface area contributed by atoms with Crippen molar-refractivity contribution in [1.82, 2.24) is 4.90 Å². The Hall–Kier alpha value is -0.280. The van der Waals surface area contributed by atoms with Gasteiger partial charge >= 0.3 is 0 Å². The van der Waals surface area contributed by atoms with Crippen molar-refractivity contribution in [3.8, 4) is 0 Å². The Morgan fingerprint density at radius 2 is 2.43 bits per heavy atom. The molecule has 4 heteroatoms. The Kier molecular flexibility index (Phi) is 5.26. The van der Waals surface area contributed by atoms with Gasteiger partial charge in [0.2, 0.25) is 5.91 Å². The van der Waals surface area contributed by atoms with Gasteiger partial charge in [0.25, 0.3) is 0 Å². The zero-order chi connectivity index (χ0) is 10.4. The molecule has 14 heavy (non-hydrogen) atoms. The number of nitrogens with zero attached hydrogens (tertiary/aromatic N) is 1. The summed E-state index contributed by atoms with van der Waals surface area (Å²) < 4.78 is 5.20. The van der Waals surface area contributed by atoms with Gasteiger partial charge in [-0.1, -0.05) is 6.92 Å². The monoisotopic (exact) mass is 219 g/mol. The number of hydrogen-bond acceptors (Lipinski definition) is 2. The second kappa shape index (κ2) is 6.25. The molecule has 1 aliphatic rings. The summed E-state index contributed by atoms with van der Waals surface area (Å²) in [5, 5.41) is 0. The molecule has 1 aliphatic heterocycles. The molecular formula is C10H18ClNO2. The van der Waals surface area contributed by atoms with E-state index in [9.17, 15) is 4.79 Å². The number of alkyl halides is 1. The molecular weight excluding hydrogens is 202 g/mol. The number of hydrogen-bond donors (Lipinski definition) is 0. The fourth-order valence-electron chi connectivity index (χ4n) is 1.58. The molecule has 1 amide bonds. The van der Waals surface area contributed by atoms with Gasteiger partial charge < -0.3 is 9.64 Å². The average Bonchev–Trinajstić information content (AvgIpc) is 2.66. The number of rotatable bonds is 5. The molecule has 1 rings (SSSR count). The molecule has 0 spiro atoms. The van der Waals surface area contributed by atoms with Crippen LogP contribution in [0.1, 0.15) is 19.8 Å². The lowest BCUT2D eigenvalue weighted by molar-refractivity contribution is -0.135. The standard InChI is InChI=1S/C10H18ClNO2/c1-2-5-14-8-10(13)12-4-3-9(6-11)7-12/h9H,2-8H2,1H3. The summed E-state index contributed by atoms with van der Waals surface area (Å²) in [4.78, 5) is 13.4. The topological polar surface area (TPSA) is 29.5 Å². The van der Waals surface area contributed by atoms with Crippen LogP contribution in [0.15, 0.2) is 0 Å². The highest BCUT2D eigenvalue weighted by atomic mass is 35.5. The molecule has 0 bridgehead atoms. The summed E-state index contributed by atoms with van der Waals surface area (Å²) in [7, 11) is 0. The van der Waals surface area contributed by atoms with Crippen LogP contribution >= 0.6 is 11.6 Å². The summed E-state index contributed by atoms with van der Waals surface area (Å²) in [5.74, 6) is 1.23. The predicted octanol–water partition coefficient (Wildman–Crippen LogP) is 1.50. The number of likely N-dealkylation sites (tertiary alicyclic amines) is 1. The van der Waals surface area contributed by atoms with E-state index in [-0.39, 0.29) is 12.5 Å². The van der Waals surface area contributed by atoms with Gasteiger partial charge in [0.15, 0.2) is 0 Å². The van der Waals surface area contributed by atoms with Gasteiger partial charge in [0.1, 0.15) is 6.61 Å². The summed E-state index contributed by atoms with van der Waals surface area (Å²) >= 11 is 5.74. The maximum atomic E-state index is 11.5. The van der Waals surface area contributed by atoms with Crippen LogP contribution < -0.4 is 0 Å². The quantitative estimate of drug-likeness (QED) is 0.518. The molecule has 1 fully saturated rings. The van der Waals surface area contributed by atoms with Gasteiger partial charge in [-0.3, -0.25) is 4.79 Å². The molecule has 0 N–H and O–H groups in total. The molecule has 1 unspecified atom stereocenters. The Bertz CT molecular complexity index is 187. The van der Waals surface area contributed by atoms with Crippen LogP contribution in [0, 0.1) is 5.92 Å². The Morgan fingerprint density at radius 3 is 3.00 bits per heavy atom. The van der Waals surface area contributed by atoms with E-state index in [0.717, 1.165) is 25.9 Å². The van der Waals surface area contributed by atoms with Crippen molar-refractivity contribution >= 4 is 17.5 Å². The zero-order valence-corrected chi connectivity index (χ0v) is 9.42. The Balaban J connectivity index is 2.18. The van der Waals surface area contributed by atoms with E-state index in [1.54, 1.807) is 0 Å². The number of halogens is 1. The predicted molar refractivity (Wildman–Crippen MR) is 56.5 cm³/mol. The molecule has 1 heterocycles. The minimum Gasteiger partial charge on any atom is -0.372 e. The average molecular weight is 220 g/mol. The maximum absolute atomic E-state index is 11.5. The van der Waals surface area contributed by atoms with Crippen LogP contribution in [-0.4, -0.2) is 43.0 Å². The molecule has 0 radical (unpaired) electrons. The van der Waals surface area contributed by atoms with E-state index < -0.39 is 0 Å². The summed E-state index contributed by atoms with van der Waals surface area (Å²) in [6.45, 7) is 4.56. The van der Waals surface area contributed by atoms with Gasteiger partial charge in [-0.2, -0.15) is 0 Å². The van der Waals surface area contributed by atoms with Crippen LogP contribution in [0.3, 0.4) is 0 Å². The first-order valence-corrected chi connectivity index (χ1v) is 5.72. The van der Waals surface area contributed by atoms with E-state index in [1.807, 2.05) is 11.8 Å². The van der Waals surface area contributed by atoms with Crippen LogP contribution in [-0.2, 0) is 9.53 Å². The minimum atomic E-state index is 0.103. The van der Waals surface area contributed by atoms with E-state index in [1.165, 1.54) is 0 Å². The van der Waals surface area contributed by atoms with Crippen LogP contribution in [0.2, 0.25) is 0 Å². The van der Waals surface area contributed by atoms with Gasteiger partial charge in [0, 0.05) is 25.6 Å². The van der Waals surface area contributed by atoms with Crippen molar-refractivity contribution in [2.75, 3.05) is 32.2 Å². The number of amides is 1. The molecule has 0 aromatic heterocycles. The highest BCUT2D eigenvalue weighted by Crippen LogP contribution is 2.17. The van der Waals surface area contributed by atoms with Crippen molar-refractivity contribution in [2.45, 2.75) is 19.8 Å². The molecule has 1 saturated heterocycles. The van der Waals surface area contributed by atoms with Crippen LogP contribution in [0.25, 0.3) is 0 Å². The third kappa shape index (κ3) is 3.46. The van der Waals surface area contributed by atoms with Crippen molar-refractivity contribution in [3.63, 3.8) is 0 Å². The number of carbonyl (C=O) groups is 1. The third-order valence-electron chi connectivity index (χ3n) is 2.43. The third-order valence-corrected chi connectivity index (χ3v) is 2.87. The smallest absolute Gasteiger partial charge is 0.248 e. The van der Waals surface area contributed by atoms with Gasteiger partial charge in [-0.25, -0.2) is 0 Å². The number of carbonyl (C=O) groups excluding carboxylic acids is 1. The van der Waals surface area contributed by atoms with Crippen molar-refractivity contribution < 1.29 is 9.53 Å². The van der Waals surface area contributed by atoms with Crippen LogP contribution in [0.5, 0.6) is 0 Å². The SMILES string of the molecule is CCCOCC(=O)N1CCC(CCl)C1. The molecule has 3 nitrogen and oxygen atoms in total. The van der Waals surface area contributed by atoms with Crippen molar-refractivity contribution in [1.29, 1.82) is 0 Å². The first-order valence-electron chi connectivity index (χ1n) is 5.19.